The van der Waals surface area contributed by atoms with E-state index in [1.54, 1.807) is 11.0 Å². The molecule has 0 aromatic carbocycles. The van der Waals surface area contributed by atoms with Gasteiger partial charge >= 0.3 is 6.01 Å². The number of carbonyl (C=O) groups is 1. The van der Waals surface area contributed by atoms with E-state index in [-0.39, 0.29) is 5.91 Å². The molecule has 1 aliphatic rings. The van der Waals surface area contributed by atoms with Gasteiger partial charge in [-0.15, -0.1) is 0 Å². The molecule has 0 N–H and O–H groups in total. The zero-order valence-corrected chi connectivity index (χ0v) is 13.6. The van der Waals surface area contributed by atoms with Crippen LogP contribution in [-0.2, 0) is 6.42 Å². The predicted molar refractivity (Wildman–Crippen MR) is 84.3 cm³/mol. The van der Waals surface area contributed by atoms with Crippen molar-refractivity contribution >= 4 is 11.9 Å². The van der Waals surface area contributed by atoms with Crippen molar-refractivity contribution in [3.63, 3.8) is 0 Å². The molecule has 0 radical (unpaired) electrons. The summed E-state index contributed by atoms with van der Waals surface area (Å²) in [4.78, 5) is 20.3. The fourth-order valence-corrected chi connectivity index (χ4v) is 2.85. The number of hydrogen-bond donors (Lipinski definition) is 0. The lowest BCUT2D eigenvalue weighted by Crippen LogP contribution is -2.38. The summed E-state index contributed by atoms with van der Waals surface area (Å²) in [6, 6.07) is 2.26. The molecule has 2 aromatic heterocycles. The maximum absolute atomic E-state index is 12.2. The van der Waals surface area contributed by atoms with E-state index in [4.69, 9.17) is 8.94 Å². The first kappa shape index (κ1) is 15.6. The Kier molecular flexibility index (Phi) is 4.64. The van der Waals surface area contributed by atoms with E-state index in [0.29, 0.717) is 17.5 Å². The highest BCUT2D eigenvalue weighted by molar-refractivity contribution is 5.93. The summed E-state index contributed by atoms with van der Waals surface area (Å²) in [5.74, 6) is 1.42. The summed E-state index contributed by atoms with van der Waals surface area (Å²) in [5, 5.41) is 4.00. The minimum Gasteiger partial charge on any atom is -0.472 e. The quantitative estimate of drug-likeness (QED) is 0.841. The minimum absolute atomic E-state index is 0.0611. The van der Waals surface area contributed by atoms with Gasteiger partial charge in [-0.3, -0.25) is 4.79 Å². The van der Waals surface area contributed by atoms with Gasteiger partial charge in [0.2, 0.25) is 0 Å². The van der Waals surface area contributed by atoms with Crippen LogP contribution >= 0.6 is 0 Å². The summed E-state index contributed by atoms with van der Waals surface area (Å²) >= 11 is 0. The van der Waals surface area contributed by atoms with Crippen molar-refractivity contribution in [1.29, 1.82) is 0 Å². The van der Waals surface area contributed by atoms with Crippen LogP contribution in [0.4, 0.5) is 6.01 Å². The van der Waals surface area contributed by atoms with Gasteiger partial charge in [0.1, 0.15) is 6.26 Å². The molecule has 2 aromatic rings. The van der Waals surface area contributed by atoms with Crippen LogP contribution in [0.3, 0.4) is 0 Å². The number of aromatic nitrogens is 2. The second-order valence-electron chi connectivity index (χ2n) is 6.17. The van der Waals surface area contributed by atoms with Crippen LogP contribution in [0.25, 0.3) is 0 Å². The summed E-state index contributed by atoms with van der Waals surface area (Å²) in [7, 11) is 3.76. The molecule has 1 aliphatic heterocycles. The van der Waals surface area contributed by atoms with Gasteiger partial charge in [0.25, 0.3) is 5.91 Å². The smallest absolute Gasteiger partial charge is 0.323 e. The Hall–Kier alpha value is -2.31. The lowest BCUT2D eigenvalue weighted by atomic mass is 9.92. The maximum atomic E-state index is 12.2. The summed E-state index contributed by atoms with van der Waals surface area (Å²) in [6.45, 7) is 1.59. The fourth-order valence-electron chi connectivity index (χ4n) is 2.85. The average Bonchev–Trinajstić information content (AvgIpc) is 3.24. The van der Waals surface area contributed by atoms with Gasteiger partial charge in [0.05, 0.1) is 11.8 Å². The first-order valence-electron chi connectivity index (χ1n) is 7.95. The molecule has 1 fully saturated rings. The van der Waals surface area contributed by atoms with Crippen molar-refractivity contribution in [2.75, 3.05) is 32.1 Å². The van der Waals surface area contributed by atoms with Crippen LogP contribution < -0.4 is 4.90 Å². The highest BCUT2D eigenvalue weighted by Gasteiger charge is 2.24. The zero-order valence-electron chi connectivity index (χ0n) is 13.6. The second kappa shape index (κ2) is 6.85. The number of furan rings is 1. The van der Waals surface area contributed by atoms with Gasteiger partial charge < -0.3 is 18.7 Å². The number of hydrogen-bond acceptors (Lipinski definition) is 6. The van der Waals surface area contributed by atoms with Gasteiger partial charge in [-0.1, -0.05) is 5.16 Å². The summed E-state index contributed by atoms with van der Waals surface area (Å²) < 4.78 is 10.1. The van der Waals surface area contributed by atoms with Gasteiger partial charge in [0.15, 0.2) is 5.82 Å². The molecule has 0 atom stereocenters. The van der Waals surface area contributed by atoms with Gasteiger partial charge in [-0.05, 0) is 31.2 Å². The largest absolute Gasteiger partial charge is 0.472 e. The van der Waals surface area contributed by atoms with Crippen molar-refractivity contribution in [2.24, 2.45) is 5.92 Å². The van der Waals surface area contributed by atoms with E-state index < -0.39 is 0 Å². The van der Waals surface area contributed by atoms with Gasteiger partial charge in [0, 0.05) is 33.6 Å². The first-order valence-corrected chi connectivity index (χ1v) is 7.95. The lowest BCUT2D eigenvalue weighted by Gasteiger charge is -2.31. The van der Waals surface area contributed by atoms with E-state index in [9.17, 15) is 4.79 Å². The number of amides is 1. The summed E-state index contributed by atoms with van der Waals surface area (Å²) in [6.07, 6.45) is 6.92. The molecule has 3 rings (SSSR count). The van der Waals surface area contributed by atoms with Gasteiger partial charge in [-0.2, -0.15) is 4.98 Å². The fraction of sp³-hybridized carbons (Fsp3) is 0.562. The molecule has 0 saturated carbocycles. The minimum atomic E-state index is 0.0611. The molecule has 1 saturated heterocycles. The molecule has 0 bridgehead atoms. The molecule has 3 heterocycles. The molecule has 23 heavy (non-hydrogen) atoms. The number of likely N-dealkylation sites (tertiary alicyclic amines) is 1. The van der Waals surface area contributed by atoms with Crippen LogP contribution in [0.5, 0.6) is 0 Å². The van der Waals surface area contributed by atoms with E-state index in [1.807, 2.05) is 19.0 Å². The Labute approximate surface area is 135 Å². The third kappa shape index (κ3) is 3.72. The van der Waals surface area contributed by atoms with Crippen LogP contribution in [0.1, 0.15) is 35.4 Å². The molecule has 0 aliphatic carbocycles. The number of piperidine rings is 1. The Bertz CT molecular complexity index is 628. The monoisotopic (exact) mass is 318 g/mol. The Morgan fingerprint density at radius 1 is 1.39 bits per heavy atom. The highest BCUT2D eigenvalue weighted by Crippen LogP contribution is 2.23. The predicted octanol–water partition coefficient (Wildman–Crippen LogP) is 2.21. The molecule has 1 amide bonds. The van der Waals surface area contributed by atoms with Crippen LogP contribution in [0.2, 0.25) is 0 Å². The lowest BCUT2D eigenvalue weighted by molar-refractivity contribution is 0.0686. The van der Waals surface area contributed by atoms with Crippen molar-refractivity contribution in [1.82, 2.24) is 15.0 Å². The van der Waals surface area contributed by atoms with Crippen molar-refractivity contribution in [2.45, 2.75) is 25.7 Å². The summed E-state index contributed by atoms with van der Waals surface area (Å²) in [5.41, 5.74) is 0.631. The molecular formula is C16H22N4O3. The topological polar surface area (TPSA) is 75.6 Å². The van der Waals surface area contributed by atoms with Crippen molar-refractivity contribution < 1.29 is 13.7 Å². The first-order chi connectivity index (χ1) is 11.1. The second-order valence-corrected chi connectivity index (χ2v) is 6.17. The van der Waals surface area contributed by atoms with Crippen molar-refractivity contribution in [3.05, 3.63) is 30.0 Å². The number of carbonyl (C=O) groups excluding carboxylic acids is 1. The number of anilines is 1. The molecule has 124 valence electrons. The highest BCUT2D eigenvalue weighted by atomic mass is 16.5. The molecule has 0 spiro atoms. The Morgan fingerprint density at radius 3 is 2.78 bits per heavy atom. The van der Waals surface area contributed by atoms with Crippen LogP contribution in [0.15, 0.2) is 27.5 Å². The number of nitrogens with zero attached hydrogens (tertiary/aromatic N) is 4. The number of aryl methyl sites for hydroxylation is 1. The molecule has 0 unspecified atom stereocenters. The zero-order chi connectivity index (χ0) is 16.2. The van der Waals surface area contributed by atoms with Crippen molar-refractivity contribution in [3.8, 4) is 0 Å². The number of rotatable bonds is 5. The van der Waals surface area contributed by atoms with E-state index in [0.717, 1.165) is 44.6 Å². The normalized spacial score (nSPS) is 15.8. The van der Waals surface area contributed by atoms with Crippen LogP contribution in [-0.4, -0.2) is 48.1 Å². The van der Waals surface area contributed by atoms with E-state index in [1.165, 1.54) is 12.5 Å². The standard InChI is InChI=1S/C16H22N4O3/c1-19(2)16-17-14(18-23-16)4-3-12-5-8-20(9-6-12)15(21)13-7-10-22-11-13/h7,10-12H,3-6,8-9H2,1-2H3. The van der Waals surface area contributed by atoms with Crippen LogP contribution in [0, 0.1) is 5.92 Å². The third-order valence-electron chi connectivity index (χ3n) is 4.29. The Balaban J connectivity index is 1.45. The molecular weight excluding hydrogens is 296 g/mol. The third-order valence-corrected chi connectivity index (χ3v) is 4.29. The molecule has 7 heteroatoms. The van der Waals surface area contributed by atoms with Gasteiger partial charge in [-0.25, -0.2) is 0 Å². The SMILES string of the molecule is CN(C)c1nc(CCC2CCN(C(=O)c3ccoc3)CC2)no1. The van der Waals surface area contributed by atoms with E-state index in [2.05, 4.69) is 10.1 Å². The average molecular weight is 318 g/mol. The van der Waals surface area contributed by atoms with E-state index >= 15 is 0 Å². The molecule has 7 nitrogen and oxygen atoms in total. The Morgan fingerprint density at radius 2 is 2.17 bits per heavy atom. The maximum Gasteiger partial charge on any atom is 0.323 e.